The molecule has 4 rings (SSSR count). The van der Waals surface area contributed by atoms with E-state index in [9.17, 15) is 22.8 Å². The Morgan fingerprint density at radius 3 is 2.67 bits per heavy atom. The van der Waals surface area contributed by atoms with E-state index in [1.165, 1.54) is 17.0 Å². The molecule has 3 saturated heterocycles. The normalized spacial score (nSPS) is 28.5. The van der Waals surface area contributed by atoms with Crippen LogP contribution in [-0.2, 0) is 11.0 Å². The Labute approximate surface area is 134 Å². The van der Waals surface area contributed by atoms with E-state index in [1.807, 2.05) is 0 Å². The monoisotopic (exact) mass is 336 g/mol. The van der Waals surface area contributed by atoms with Crippen molar-refractivity contribution in [3.63, 3.8) is 0 Å². The van der Waals surface area contributed by atoms with Crippen LogP contribution in [0.3, 0.4) is 0 Å². The molecule has 0 radical (unpaired) electrons. The number of nitrogens with zero attached hydrogens (tertiary/aromatic N) is 3. The van der Waals surface area contributed by atoms with Gasteiger partial charge in [0.05, 0.1) is 22.9 Å². The van der Waals surface area contributed by atoms with Crippen molar-refractivity contribution in [2.75, 3.05) is 11.4 Å². The maximum Gasteiger partial charge on any atom is 0.417 e. The fourth-order valence-corrected chi connectivity index (χ4v) is 3.77. The number of alkyl halides is 3. The summed E-state index contributed by atoms with van der Waals surface area (Å²) in [5, 5.41) is 12.0. The molecule has 6 nitrogen and oxygen atoms in total. The third kappa shape index (κ3) is 1.86. The summed E-state index contributed by atoms with van der Waals surface area (Å²) in [6.07, 6.45) is -4.07. The third-order valence-corrected chi connectivity index (χ3v) is 4.79. The number of hydrogen-bond donors (Lipinski definition) is 1. The number of rotatable bonds is 1. The molecule has 0 aliphatic carbocycles. The van der Waals surface area contributed by atoms with Crippen molar-refractivity contribution in [3.05, 3.63) is 29.3 Å². The number of amides is 3. The molecule has 24 heavy (non-hydrogen) atoms. The first-order valence-corrected chi connectivity index (χ1v) is 7.34. The van der Waals surface area contributed by atoms with E-state index in [-0.39, 0.29) is 17.8 Å². The van der Waals surface area contributed by atoms with Crippen LogP contribution in [0.2, 0.25) is 0 Å². The highest BCUT2D eigenvalue weighted by Gasteiger charge is 2.59. The number of hydrogen-bond acceptors (Lipinski definition) is 4. The molecule has 2 bridgehead atoms. The Hall–Kier alpha value is -2.60. The minimum atomic E-state index is -4.75. The number of fused-ring (bicyclic) bond motifs is 5. The van der Waals surface area contributed by atoms with Crippen LogP contribution in [0.4, 0.5) is 23.7 Å². The van der Waals surface area contributed by atoms with Crippen molar-refractivity contribution in [3.8, 4) is 6.07 Å². The number of anilines is 1. The molecule has 1 aromatic carbocycles. The number of nitriles is 1. The number of imide groups is 1. The van der Waals surface area contributed by atoms with Gasteiger partial charge in [0, 0.05) is 18.6 Å². The first-order valence-electron chi connectivity index (χ1n) is 7.34. The number of carbonyl (C=O) groups is 2. The number of urea groups is 1. The Kier molecular flexibility index (Phi) is 2.93. The molecule has 0 unspecified atom stereocenters. The molecule has 1 N–H and O–H groups in total. The summed E-state index contributed by atoms with van der Waals surface area (Å²) >= 11 is 0. The first kappa shape index (κ1) is 15.0. The van der Waals surface area contributed by atoms with Crippen LogP contribution in [0, 0.1) is 11.3 Å². The van der Waals surface area contributed by atoms with Gasteiger partial charge < -0.3 is 10.2 Å². The molecule has 0 aromatic heterocycles. The second-order valence-electron chi connectivity index (χ2n) is 6.05. The number of halogens is 3. The van der Waals surface area contributed by atoms with Gasteiger partial charge in [-0.1, -0.05) is 0 Å². The van der Waals surface area contributed by atoms with E-state index in [4.69, 9.17) is 5.26 Å². The van der Waals surface area contributed by atoms with Gasteiger partial charge in [-0.25, -0.2) is 9.69 Å². The summed E-state index contributed by atoms with van der Waals surface area (Å²) < 4.78 is 39.3. The fourth-order valence-electron chi connectivity index (χ4n) is 3.77. The molecule has 3 amide bonds. The Bertz CT molecular complexity index is 773. The topological polar surface area (TPSA) is 76.4 Å². The summed E-state index contributed by atoms with van der Waals surface area (Å²) in [5.41, 5.74) is -1.87. The maximum absolute atomic E-state index is 13.1. The highest BCUT2D eigenvalue weighted by Crippen LogP contribution is 2.40. The standard InChI is InChI=1S/C15H11F3N4O2/c16-15(17,18)10-3-8(2-1-7(10)5-19)22-13(23)12-11-4-9(6-20-11)21(12)14(22)24/h1-3,9,11-12,20H,4,6H2/t9-,11-,12+/m1/s1. The predicted molar refractivity (Wildman–Crippen MR) is 74.9 cm³/mol. The molecular formula is C15H11F3N4O2. The Morgan fingerprint density at radius 1 is 1.29 bits per heavy atom. The van der Waals surface area contributed by atoms with Gasteiger partial charge >= 0.3 is 12.2 Å². The van der Waals surface area contributed by atoms with Gasteiger partial charge in [0.2, 0.25) is 0 Å². The summed E-state index contributed by atoms with van der Waals surface area (Å²) in [6, 6.07) is 2.81. The zero-order valence-corrected chi connectivity index (χ0v) is 12.2. The Morgan fingerprint density at radius 2 is 2.04 bits per heavy atom. The molecular weight excluding hydrogens is 325 g/mol. The second kappa shape index (κ2) is 4.70. The summed E-state index contributed by atoms with van der Waals surface area (Å²) in [7, 11) is 0. The van der Waals surface area contributed by atoms with Gasteiger partial charge in [0.1, 0.15) is 6.04 Å². The maximum atomic E-state index is 13.1. The van der Waals surface area contributed by atoms with Gasteiger partial charge in [-0.3, -0.25) is 4.79 Å². The second-order valence-corrected chi connectivity index (χ2v) is 6.05. The van der Waals surface area contributed by atoms with Gasteiger partial charge in [0.15, 0.2) is 0 Å². The minimum Gasteiger partial charge on any atom is -0.309 e. The van der Waals surface area contributed by atoms with Crippen LogP contribution in [0.25, 0.3) is 0 Å². The SMILES string of the molecule is N#Cc1ccc(N2C(=O)[C@@H]3[C@H]4C[C@H](CN4)N3C2=O)cc1C(F)(F)F. The predicted octanol–water partition coefficient (Wildman–Crippen LogP) is 1.46. The lowest BCUT2D eigenvalue weighted by Crippen LogP contribution is -2.51. The number of piperazine rings is 1. The summed E-state index contributed by atoms with van der Waals surface area (Å²) in [6.45, 7) is 0.579. The molecule has 3 aliphatic rings. The minimum absolute atomic E-state index is 0.109. The molecule has 3 atom stereocenters. The van der Waals surface area contributed by atoms with Crippen molar-refractivity contribution >= 4 is 17.6 Å². The van der Waals surface area contributed by atoms with Crippen molar-refractivity contribution in [2.24, 2.45) is 0 Å². The highest BCUT2D eigenvalue weighted by atomic mass is 19.4. The molecule has 3 fully saturated rings. The van der Waals surface area contributed by atoms with Crippen LogP contribution in [-0.4, -0.2) is 41.5 Å². The van der Waals surface area contributed by atoms with Crippen LogP contribution in [0.5, 0.6) is 0 Å². The molecule has 0 spiro atoms. The lowest BCUT2D eigenvalue weighted by atomic mass is 10.1. The van der Waals surface area contributed by atoms with Crippen LogP contribution in [0.15, 0.2) is 18.2 Å². The summed E-state index contributed by atoms with van der Waals surface area (Å²) in [5.74, 6) is -0.530. The lowest BCUT2D eigenvalue weighted by Gasteiger charge is -2.26. The van der Waals surface area contributed by atoms with Crippen molar-refractivity contribution < 1.29 is 22.8 Å². The van der Waals surface area contributed by atoms with Gasteiger partial charge in [-0.2, -0.15) is 18.4 Å². The molecule has 1 aromatic rings. The van der Waals surface area contributed by atoms with E-state index in [1.54, 1.807) is 0 Å². The zero-order valence-electron chi connectivity index (χ0n) is 12.2. The van der Waals surface area contributed by atoms with E-state index in [0.717, 1.165) is 11.0 Å². The van der Waals surface area contributed by atoms with Crippen LogP contribution < -0.4 is 10.2 Å². The smallest absolute Gasteiger partial charge is 0.309 e. The Balaban J connectivity index is 1.76. The third-order valence-electron chi connectivity index (χ3n) is 4.79. The van der Waals surface area contributed by atoms with Crippen molar-refractivity contribution in [1.29, 1.82) is 5.26 Å². The fraction of sp³-hybridized carbons (Fsp3) is 0.400. The van der Waals surface area contributed by atoms with E-state index >= 15 is 0 Å². The van der Waals surface area contributed by atoms with E-state index < -0.39 is 35.3 Å². The summed E-state index contributed by atoms with van der Waals surface area (Å²) in [4.78, 5) is 27.4. The van der Waals surface area contributed by atoms with Crippen LogP contribution >= 0.6 is 0 Å². The molecule has 124 valence electrons. The first-order chi connectivity index (χ1) is 11.3. The van der Waals surface area contributed by atoms with Crippen LogP contribution in [0.1, 0.15) is 17.5 Å². The van der Waals surface area contributed by atoms with Gasteiger partial charge in [-0.15, -0.1) is 0 Å². The van der Waals surface area contributed by atoms with Gasteiger partial charge in [0.25, 0.3) is 5.91 Å². The average Bonchev–Trinajstić information content (AvgIpc) is 3.20. The lowest BCUT2D eigenvalue weighted by molar-refractivity contribution is -0.137. The molecule has 3 aliphatic heterocycles. The van der Waals surface area contributed by atoms with E-state index in [2.05, 4.69) is 5.32 Å². The number of benzene rings is 1. The number of carbonyl (C=O) groups excluding carboxylic acids is 2. The zero-order chi connectivity index (χ0) is 17.2. The van der Waals surface area contributed by atoms with Crippen molar-refractivity contribution in [1.82, 2.24) is 10.2 Å². The molecule has 9 heteroatoms. The molecule has 3 heterocycles. The van der Waals surface area contributed by atoms with E-state index in [0.29, 0.717) is 19.0 Å². The molecule has 0 saturated carbocycles. The highest BCUT2D eigenvalue weighted by molar-refractivity contribution is 6.22. The van der Waals surface area contributed by atoms with Gasteiger partial charge in [-0.05, 0) is 24.6 Å². The average molecular weight is 336 g/mol. The quantitative estimate of drug-likeness (QED) is 0.788. The largest absolute Gasteiger partial charge is 0.417 e. The van der Waals surface area contributed by atoms with Crippen molar-refractivity contribution in [2.45, 2.75) is 30.7 Å². The number of nitrogens with one attached hydrogen (secondary N) is 1.